The van der Waals surface area contributed by atoms with E-state index in [0.29, 0.717) is 5.75 Å². The maximum absolute atomic E-state index is 13.3. The molecule has 2 aromatic rings. The van der Waals surface area contributed by atoms with Gasteiger partial charge in [-0.3, -0.25) is 14.9 Å². The van der Waals surface area contributed by atoms with Gasteiger partial charge in [-0.15, -0.1) is 0 Å². The molecule has 0 radical (unpaired) electrons. The first-order chi connectivity index (χ1) is 12.7. The topological polar surface area (TPSA) is 128 Å². The van der Waals surface area contributed by atoms with Crippen molar-refractivity contribution >= 4 is 27.3 Å². The molecular formula is C16H16FN3O6S. The lowest BCUT2D eigenvalue weighted by atomic mass is 10.2. The quantitative estimate of drug-likeness (QED) is 0.518. The van der Waals surface area contributed by atoms with Gasteiger partial charge in [0.15, 0.2) is 0 Å². The summed E-state index contributed by atoms with van der Waals surface area (Å²) < 4.78 is 44.7. The van der Waals surface area contributed by atoms with E-state index in [-0.39, 0.29) is 23.5 Å². The molecule has 0 heterocycles. The fourth-order valence-corrected chi connectivity index (χ4v) is 3.12. The first-order valence-corrected chi connectivity index (χ1v) is 9.09. The molecule has 0 aliphatic heterocycles. The molecule has 0 aliphatic rings. The minimum Gasteiger partial charge on any atom is -0.497 e. The van der Waals surface area contributed by atoms with E-state index in [9.17, 15) is 27.7 Å². The van der Waals surface area contributed by atoms with Crippen molar-refractivity contribution in [3.8, 4) is 5.75 Å². The first-order valence-electron chi connectivity index (χ1n) is 7.60. The Morgan fingerprint density at radius 3 is 2.48 bits per heavy atom. The number of rotatable bonds is 8. The molecule has 2 N–H and O–H groups in total. The second-order valence-electron chi connectivity index (χ2n) is 5.29. The Labute approximate surface area is 154 Å². The smallest absolute Gasteiger partial charge is 0.306 e. The average Bonchev–Trinajstić information content (AvgIpc) is 2.63. The third-order valence-corrected chi connectivity index (χ3v) is 4.92. The average molecular weight is 397 g/mol. The Bertz CT molecular complexity index is 947. The first kappa shape index (κ1) is 20.3. The summed E-state index contributed by atoms with van der Waals surface area (Å²) in [6.07, 6.45) is -0.222. The second-order valence-corrected chi connectivity index (χ2v) is 7.06. The molecule has 27 heavy (non-hydrogen) atoms. The summed E-state index contributed by atoms with van der Waals surface area (Å²) in [4.78, 5) is 21.6. The molecule has 0 spiro atoms. The van der Waals surface area contributed by atoms with Crippen molar-refractivity contribution in [2.45, 2.75) is 11.3 Å². The van der Waals surface area contributed by atoms with Crippen LogP contribution in [0.25, 0.3) is 0 Å². The maximum Gasteiger partial charge on any atom is 0.306 e. The molecule has 0 saturated carbocycles. The van der Waals surface area contributed by atoms with E-state index in [1.165, 1.54) is 37.4 Å². The van der Waals surface area contributed by atoms with Crippen molar-refractivity contribution in [1.29, 1.82) is 0 Å². The Morgan fingerprint density at radius 2 is 1.89 bits per heavy atom. The van der Waals surface area contributed by atoms with Crippen molar-refractivity contribution in [3.63, 3.8) is 0 Å². The van der Waals surface area contributed by atoms with Crippen LogP contribution in [0.5, 0.6) is 5.75 Å². The van der Waals surface area contributed by atoms with E-state index in [1.54, 1.807) is 0 Å². The van der Waals surface area contributed by atoms with E-state index in [2.05, 4.69) is 10.0 Å². The zero-order valence-electron chi connectivity index (χ0n) is 14.1. The van der Waals surface area contributed by atoms with Gasteiger partial charge in [0.05, 0.1) is 16.9 Å². The summed E-state index contributed by atoms with van der Waals surface area (Å²) in [5, 5.41) is 13.0. The Morgan fingerprint density at radius 1 is 1.22 bits per heavy atom. The van der Waals surface area contributed by atoms with Crippen LogP contribution in [0.4, 0.5) is 15.8 Å². The number of halogens is 1. The van der Waals surface area contributed by atoms with Crippen LogP contribution in [-0.4, -0.2) is 32.9 Å². The predicted molar refractivity (Wildman–Crippen MR) is 94.5 cm³/mol. The van der Waals surface area contributed by atoms with Crippen molar-refractivity contribution in [1.82, 2.24) is 4.72 Å². The normalized spacial score (nSPS) is 11.0. The lowest BCUT2D eigenvalue weighted by Crippen LogP contribution is -2.27. The van der Waals surface area contributed by atoms with Crippen LogP contribution in [-0.2, 0) is 14.8 Å². The fraction of sp³-hybridized carbons (Fsp3) is 0.188. The Balaban J connectivity index is 1.91. The lowest BCUT2D eigenvalue weighted by Gasteiger charge is -2.08. The summed E-state index contributed by atoms with van der Waals surface area (Å²) >= 11 is 0. The number of nitrogens with zero attached hydrogens (tertiary/aromatic N) is 1. The fourth-order valence-electron chi connectivity index (χ4n) is 2.09. The highest BCUT2D eigenvalue weighted by Gasteiger charge is 2.17. The summed E-state index contributed by atoms with van der Waals surface area (Å²) in [6.45, 7) is -0.191. The van der Waals surface area contributed by atoms with Crippen molar-refractivity contribution in [3.05, 3.63) is 58.4 Å². The SMILES string of the molecule is COc1ccc(S(=O)(=O)NCCC(=O)Nc2ccc(F)c([N+](=O)[O-])c2)cc1. The van der Waals surface area contributed by atoms with Gasteiger partial charge in [0, 0.05) is 24.7 Å². The number of hydrogen-bond acceptors (Lipinski definition) is 6. The van der Waals surface area contributed by atoms with E-state index < -0.39 is 32.4 Å². The number of nitrogens with one attached hydrogen (secondary N) is 2. The highest BCUT2D eigenvalue weighted by Crippen LogP contribution is 2.21. The zero-order valence-corrected chi connectivity index (χ0v) is 15.0. The number of amides is 1. The second kappa shape index (κ2) is 8.56. The molecule has 2 aromatic carbocycles. The zero-order chi connectivity index (χ0) is 20.0. The van der Waals surface area contributed by atoms with Crippen molar-refractivity contribution in [2.75, 3.05) is 19.0 Å². The van der Waals surface area contributed by atoms with Gasteiger partial charge < -0.3 is 10.1 Å². The standard InChI is InChI=1S/C16H16FN3O6S/c1-26-12-3-5-13(6-4-12)27(24,25)18-9-8-16(21)19-11-2-7-14(17)15(10-11)20(22)23/h2-7,10,18H,8-9H2,1H3,(H,19,21). The third-order valence-electron chi connectivity index (χ3n) is 3.44. The molecule has 0 fully saturated rings. The van der Waals surface area contributed by atoms with Crippen LogP contribution in [0.2, 0.25) is 0 Å². The molecule has 0 unspecified atom stereocenters. The number of nitro benzene ring substituents is 1. The van der Waals surface area contributed by atoms with Crippen LogP contribution in [0.15, 0.2) is 47.4 Å². The Hall–Kier alpha value is -3.05. The molecule has 0 atom stereocenters. The number of nitro groups is 1. The van der Waals surface area contributed by atoms with Gasteiger partial charge in [0.2, 0.25) is 21.7 Å². The van der Waals surface area contributed by atoms with Gasteiger partial charge in [0.1, 0.15) is 5.75 Å². The van der Waals surface area contributed by atoms with Crippen molar-refractivity contribution in [2.24, 2.45) is 0 Å². The minimum absolute atomic E-state index is 0.0119. The van der Waals surface area contributed by atoms with Gasteiger partial charge in [0.25, 0.3) is 0 Å². The molecule has 1 amide bonds. The van der Waals surface area contributed by atoms with Gasteiger partial charge in [-0.2, -0.15) is 4.39 Å². The van der Waals surface area contributed by atoms with Gasteiger partial charge in [-0.05, 0) is 36.4 Å². The van der Waals surface area contributed by atoms with E-state index in [1.807, 2.05) is 0 Å². The molecule has 0 bridgehead atoms. The van der Waals surface area contributed by atoms with Crippen LogP contribution >= 0.6 is 0 Å². The summed E-state index contributed by atoms with van der Waals surface area (Å²) in [6, 6.07) is 8.61. The van der Waals surface area contributed by atoms with Crippen LogP contribution < -0.4 is 14.8 Å². The van der Waals surface area contributed by atoms with Crippen LogP contribution in [0.3, 0.4) is 0 Å². The number of ether oxygens (including phenoxy) is 1. The van der Waals surface area contributed by atoms with Gasteiger partial charge in [-0.1, -0.05) is 0 Å². The monoisotopic (exact) mass is 397 g/mol. The predicted octanol–water partition coefficient (Wildman–Crippen LogP) is 2.05. The lowest BCUT2D eigenvalue weighted by molar-refractivity contribution is -0.387. The summed E-state index contributed by atoms with van der Waals surface area (Å²) in [5.41, 5.74) is -0.737. The third kappa shape index (κ3) is 5.46. The van der Waals surface area contributed by atoms with E-state index >= 15 is 0 Å². The number of carbonyl (C=O) groups is 1. The molecule has 2 rings (SSSR count). The number of sulfonamides is 1. The minimum atomic E-state index is -3.80. The van der Waals surface area contributed by atoms with E-state index in [0.717, 1.165) is 12.1 Å². The number of methoxy groups -OCH3 is 1. The summed E-state index contributed by atoms with van der Waals surface area (Å²) in [5.74, 6) is -1.11. The highest BCUT2D eigenvalue weighted by molar-refractivity contribution is 7.89. The molecule has 144 valence electrons. The van der Waals surface area contributed by atoms with Gasteiger partial charge in [-0.25, -0.2) is 13.1 Å². The maximum atomic E-state index is 13.3. The molecular weight excluding hydrogens is 381 g/mol. The highest BCUT2D eigenvalue weighted by atomic mass is 32.2. The molecule has 11 heteroatoms. The van der Waals surface area contributed by atoms with Gasteiger partial charge >= 0.3 is 5.69 Å². The number of carbonyl (C=O) groups excluding carboxylic acids is 1. The molecule has 0 aromatic heterocycles. The van der Waals surface area contributed by atoms with E-state index in [4.69, 9.17) is 4.74 Å². The number of hydrogen-bond donors (Lipinski definition) is 2. The largest absolute Gasteiger partial charge is 0.497 e. The van der Waals surface area contributed by atoms with Crippen LogP contribution in [0.1, 0.15) is 6.42 Å². The number of benzene rings is 2. The molecule has 0 aliphatic carbocycles. The summed E-state index contributed by atoms with van der Waals surface area (Å²) in [7, 11) is -2.35. The van der Waals surface area contributed by atoms with Crippen molar-refractivity contribution < 1.29 is 27.3 Å². The van der Waals surface area contributed by atoms with Crippen LogP contribution in [0, 0.1) is 15.9 Å². The number of anilines is 1. The molecule has 9 nitrogen and oxygen atoms in total. The molecule has 0 saturated heterocycles. The Kier molecular flexibility index (Phi) is 6.42.